The van der Waals surface area contributed by atoms with Crippen LogP contribution in [0.5, 0.6) is 11.6 Å². The monoisotopic (exact) mass is 520 g/mol. The lowest BCUT2D eigenvalue weighted by Gasteiger charge is -2.29. The van der Waals surface area contributed by atoms with Gasteiger partial charge in [-0.3, -0.25) is 9.69 Å². The zero-order chi connectivity index (χ0) is 27.4. The van der Waals surface area contributed by atoms with E-state index in [0.29, 0.717) is 18.0 Å². The molecule has 7 heteroatoms. The highest BCUT2D eigenvalue weighted by atomic mass is 19.1. The minimum atomic E-state index is -0.807. The van der Waals surface area contributed by atoms with Crippen molar-refractivity contribution < 1.29 is 23.8 Å². The first-order valence-corrected chi connectivity index (χ1v) is 13.3. The Hall–Kier alpha value is -3.45. The van der Waals surface area contributed by atoms with E-state index in [0.717, 1.165) is 59.5 Å². The summed E-state index contributed by atoms with van der Waals surface area (Å²) < 4.78 is 26.7. The maximum atomic E-state index is 14.9. The smallest absolute Gasteiger partial charge is 0.306 e. The number of carboxylic acid groups (broad SMARTS) is 1. The maximum Gasteiger partial charge on any atom is 0.306 e. The lowest BCUT2D eigenvalue weighted by atomic mass is 9.87. The average molecular weight is 521 g/mol. The number of benzene rings is 2. The van der Waals surface area contributed by atoms with Gasteiger partial charge in [0.05, 0.1) is 19.2 Å². The van der Waals surface area contributed by atoms with E-state index in [1.54, 1.807) is 13.0 Å². The lowest BCUT2D eigenvalue weighted by molar-refractivity contribution is -0.141. The van der Waals surface area contributed by atoms with Crippen LogP contribution in [0.25, 0.3) is 11.1 Å². The van der Waals surface area contributed by atoms with Crippen molar-refractivity contribution >= 4 is 5.97 Å². The molecule has 0 bridgehead atoms. The predicted octanol–water partition coefficient (Wildman–Crippen LogP) is 6.63. The fourth-order valence-electron chi connectivity index (χ4n) is 5.04. The highest BCUT2D eigenvalue weighted by molar-refractivity contribution is 5.71. The minimum Gasteiger partial charge on any atom is -0.485 e. The number of aromatic nitrogens is 1. The van der Waals surface area contributed by atoms with E-state index in [1.165, 1.54) is 13.3 Å². The van der Waals surface area contributed by atoms with Crippen molar-refractivity contribution in [3.05, 3.63) is 76.7 Å². The van der Waals surface area contributed by atoms with E-state index in [-0.39, 0.29) is 17.8 Å². The number of aryl methyl sites for hydroxylation is 1. The van der Waals surface area contributed by atoms with Crippen molar-refractivity contribution in [1.82, 2.24) is 9.88 Å². The molecule has 0 fully saturated rings. The first-order valence-electron chi connectivity index (χ1n) is 13.3. The molecule has 2 heterocycles. The molecule has 0 saturated carbocycles. The van der Waals surface area contributed by atoms with Crippen LogP contribution in [-0.2, 0) is 17.8 Å². The van der Waals surface area contributed by atoms with Gasteiger partial charge < -0.3 is 14.6 Å². The Morgan fingerprint density at radius 1 is 1.16 bits per heavy atom. The lowest BCUT2D eigenvalue weighted by Crippen LogP contribution is -2.23. The van der Waals surface area contributed by atoms with Crippen molar-refractivity contribution in [1.29, 1.82) is 0 Å². The Bertz CT molecular complexity index is 1290. The highest BCUT2D eigenvalue weighted by Gasteiger charge is 2.26. The largest absolute Gasteiger partial charge is 0.485 e. The summed E-state index contributed by atoms with van der Waals surface area (Å²) in [6.45, 7) is 10.3. The second-order valence-electron chi connectivity index (χ2n) is 10.0. The summed E-state index contributed by atoms with van der Waals surface area (Å²) in [7, 11) is 1.52. The molecule has 1 aliphatic heterocycles. The van der Waals surface area contributed by atoms with Gasteiger partial charge in [0.1, 0.15) is 17.7 Å². The normalized spacial score (nSPS) is 16.4. The summed E-state index contributed by atoms with van der Waals surface area (Å²) in [5.41, 5.74) is 5.43. The molecular formula is C31H37FN2O4. The van der Waals surface area contributed by atoms with Crippen LogP contribution in [0.4, 0.5) is 4.39 Å². The second-order valence-corrected chi connectivity index (χ2v) is 10.0. The molecule has 0 radical (unpaired) electrons. The molecule has 0 saturated heterocycles. The molecule has 6 nitrogen and oxygen atoms in total. The van der Waals surface area contributed by atoms with E-state index < -0.39 is 11.9 Å². The SMILES string of the molecule is CCN(CC)Cc1cc(C2CCc3ccc([C@H](C)[C@H](C)C(=O)O)cc3O2)ccc1-c1cc(OC)ncc1F. The number of halogens is 1. The number of hydrogen-bond acceptors (Lipinski definition) is 5. The fourth-order valence-corrected chi connectivity index (χ4v) is 5.04. The summed E-state index contributed by atoms with van der Waals surface area (Å²) in [6, 6.07) is 13.8. The Morgan fingerprint density at radius 3 is 2.61 bits per heavy atom. The first-order chi connectivity index (χ1) is 18.2. The van der Waals surface area contributed by atoms with Gasteiger partial charge in [-0.25, -0.2) is 9.37 Å². The van der Waals surface area contributed by atoms with Gasteiger partial charge in [0.15, 0.2) is 0 Å². The summed E-state index contributed by atoms with van der Waals surface area (Å²) in [5.74, 6) is -0.641. The van der Waals surface area contributed by atoms with Gasteiger partial charge in [-0.15, -0.1) is 0 Å². The van der Waals surface area contributed by atoms with Crippen molar-refractivity contribution in [3.8, 4) is 22.8 Å². The third kappa shape index (κ3) is 5.83. The number of carboxylic acids is 1. The zero-order valence-corrected chi connectivity index (χ0v) is 22.8. The van der Waals surface area contributed by atoms with Crippen molar-refractivity contribution in [3.63, 3.8) is 0 Å². The Kier molecular flexibility index (Phi) is 8.67. The van der Waals surface area contributed by atoms with Crippen molar-refractivity contribution in [2.45, 2.75) is 59.1 Å². The molecule has 1 unspecified atom stereocenters. The highest BCUT2D eigenvalue weighted by Crippen LogP contribution is 2.39. The Balaban J connectivity index is 1.68. The van der Waals surface area contributed by atoms with E-state index >= 15 is 0 Å². The minimum absolute atomic E-state index is 0.131. The van der Waals surface area contributed by atoms with Crippen LogP contribution >= 0.6 is 0 Å². The third-order valence-corrected chi connectivity index (χ3v) is 7.82. The van der Waals surface area contributed by atoms with E-state index in [4.69, 9.17) is 9.47 Å². The topological polar surface area (TPSA) is 71.9 Å². The van der Waals surface area contributed by atoms with E-state index in [9.17, 15) is 14.3 Å². The summed E-state index contributed by atoms with van der Waals surface area (Å²) in [5, 5.41) is 9.45. The first kappa shape index (κ1) is 27.6. The predicted molar refractivity (Wildman–Crippen MR) is 146 cm³/mol. The number of methoxy groups -OCH3 is 1. The maximum absolute atomic E-state index is 14.9. The van der Waals surface area contributed by atoms with E-state index in [1.807, 2.05) is 31.2 Å². The van der Waals surface area contributed by atoms with Crippen molar-refractivity contribution in [2.75, 3.05) is 20.2 Å². The standard InChI is InChI=1S/C31H37FN2O4/c1-6-34(7-2)18-24-14-23(10-12-25(24)26-16-30(37-5)33-17-27(26)32)28-13-11-21-8-9-22(15-29(21)38-28)19(3)20(4)31(35)36/h8-10,12,14-17,19-20,28H,6-7,11,13,18H2,1-5H3,(H,35,36)/t19-,20+,28?/m1/s1. The molecule has 202 valence electrons. The molecule has 0 spiro atoms. The number of nitrogens with zero attached hydrogens (tertiary/aromatic N) is 2. The third-order valence-electron chi connectivity index (χ3n) is 7.82. The quantitative estimate of drug-likeness (QED) is 0.324. The molecule has 0 amide bonds. The van der Waals surface area contributed by atoms with Gasteiger partial charge in [0.2, 0.25) is 5.88 Å². The van der Waals surface area contributed by atoms with Crippen LogP contribution in [0.2, 0.25) is 0 Å². The Labute approximate surface area is 224 Å². The van der Waals surface area contributed by atoms with Crippen molar-refractivity contribution in [2.24, 2.45) is 5.92 Å². The van der Waals surface area contributed by atoms with Crippen LogP contribution in [0, 0.1) is 11.7 Å². The molecule has 3 aromatic rings. The molecule has 0 aliphatic carbocycles. The number of carbonyl (C=O) groups is 1. The zero-order valence-electron chi connectivity index (χ0n) is 22.8. The molecule has 1 aromatic heterocycles. The number of rotatable bonds is 10. The molecule has 3 atom stereocenters. The number of fused-ring (bicyclic) bond motifs is 1. The molecule has 1 aliphatic rings. The number of pyridine rings is 1. The Morgan fingerprint density at radius 2 is 1.92 bits per heavy atom. The number of ether oxygens (including phenoxy) is 2. The van der Waals surface area contributed by atoms with Gasteiger partial charge in [-0.2, -0.15) is 0 Å². The second kappa shape index (κ2) is 11.9. The van der Waals surface area contributed by atoms with Crippen LogP contribution in [0.1, 0.15) is 68.4 Å². The average Bonchev–Trinajstić information content (AvgIpc) is 2.94. The van der Waals surface area contributed by atoms with Gasteiger partial charge in [-0.05, 0) is 65.7 Å². The molecule has 1 N–H and O–H groups in total. The number of hydrogen-bond donors (Lipinski definition) is 1. The van der Waals surface area contributed by atoms with Crippen LogP contribution in [0.3, 0.4) is 0 Å². The van der Waals surface area contributed by atoms with Crippen LogP contribution < -0.4 is 9.47 Å². The molecular weight excluding hydrogens is 483 g/mol. The summed E-state index contributed by atoms with van der Waals surface area (Å²) >= 11 is 0. The fraction of sp³-hybridized carbons (Fsp3) is 0.419. The molecule has 38 heavy (non-hydrogen) atoms. The summed E-state index contributed by atoms with van der Waals surface area (Å²) in [6.07, 6.45) is 2.75. The van der Waals surface area contributed by atoms with Crippen LogP contribution in [-0.4, -0.2) is 41.2 Å². The van der Waals surface area contributed by atoms with Gasteiger partial charge >= 0.3 is 5.97 Å². The van der Waals surface area contributed by atoms with Crippen LogP contribution in [0.15, 0.2) is 48.7 Å². The summed E-state index contributed by atoms with van der Waals surface area (Å²) in [4.78, 5) is 17.8. The number of aliphatic carboxylic acids is 1. The molecule has 2 aromatic carbocycles. The van der Waals surface area contributed by atoms with E-state index in [2.05, 4.69) is 35.9 Å². The van der Waals surface area contributed by atoms with Gasteiger partial charge in [0, 0.05) is 18.2 Å². The van der Waals surface area contributed by atoms with Gasteiger partial charge in [-0.1, -0.05) is 58.0 Å². The molecule has 4 rings (SSSR count). The van der Waals surface area contributed by atoms with Gasteiger partial charge in [0.25, 0.3) is 0 Å².